The van der Waals surface area contributed by atoms with Crippen LogP contribution in [-0.2, 0) is 4.79 Å². The van der Waals surface area contributed by atoms with Gasteiger partial charge in [-0.2, -0.15) is 0 Å². The quantitative estimate of drug-likeness (QED) is 0.616. The zero-order valence-corrected chi connectivity index (χ0v) is 15.1. The van der Waals surface area contributed by atoms with E-state index in [0.717, 1.165) is 25.7 Å². The Balaban J connectivity index is 1.96. The summed E-state index contributed by atoms with van der Waals surface area (Å²) in [5.41, 5.74) is -0.900. The minimum Gasteiger partial charge on any atom is -0.349 e. The molecule has 25 heavy (non-hydrogen) atoms. The Kier molecular flexibility index (Phi) is 6.00. The van der Waals surface area contributed by atoms with E-state index in [1.54, 1.807) is 0 Å². The lowest BCUT2D eigenvalue weighted by Crippen LogP contribution is -2.51. The van der Waals surface area contributed by atoms with Gasteiger partial charge in [-0.15, -0.1) is 0 Å². The van der Waals surface area contributed by atoms with Gasteiger partial charge < -0.3 is 10.6 Å². The standard InChI is InChI=1S/C17H22ClN3O4/c1-11-6-8-17(2,9-7-11)20-14(22)10-19-16(23)15-12(18)4-3-5-13(15)21(24)25/h3-5,11H,6-10H2,1-2H3,(H,19,23)(H,20,22). The van der Waals surface area contributed by atoms with E-state index in [-0.39, 0.29) is 28.6 Å². The minimum atomic E-state index is -0.741. The molecule has 0 spiro atoms. The molecule has 136 valence electrons. The van der Waals surface area contributed by atoms with Gasteiger partial charge >= 0.3 is 0 Å². The highest BCUT2D eigenvalue weighted by molar-refractivity contribution is 6.34. The van der Waals surface area contributed by atoms with Crippen LogP contribution in [0.15, 0.2) is 18.2 Å². The lowest BCUT2D eigenvalue weighted by molar-refractivity contribution is -0.385. The number of carbonyl (C=O) groups excluding carboxylic acids is 2. The molecular weight excluding hydrogens is 346 g/mol. The molecule has 0 unspecified atom stereocenters. The Labute approximate surface area is 151 Å². The van der Waals surface area contributed by atoms with Gasteiger partial charge in [0, 0.05) is 11.6 Å². The molecule has 8 heteroatoms. The second-order valence-electron chi connectivity index (χ2n) is 6.87. The molecule has 2 amide bonds. The molecule has 7 nitrogen and oxygen atoms in total. The van der Waals surface area contributed by atoms with Crippen LogP contribution in [0.3, 0.4) is 0 Å². The Bertz CT molecular complexity index is 684. The van der Waals surface area contributed by atoms with Gasteiger partial charge in [0.05, 0.1) is 16.5 Å². The normalized spacial score (nSPS) is 22.9. The number of nitrogens with zero attached hydrogens (tertiary/aromatic N) is 1. The predicted octanol–water partition coefficient (Wildman–Crippen LogP) is 3.06. The van der Waals surface area contributed by atoms with Crippen molar-refractivity contribution in [1.82, 2.24) is 10.6 Å². The Morgan fingerprint density at radius 3 is 2.60 bits per heavy atom. The monoisotopic (exact) mass is 367 g/mol. The van der Waals surface area contributed by atoms with Crippen LogP contribution in [0.1, 0.15) is 49.9 Å². The SMILES string of the molecule is CC1CCC(C)(NC(=O)CNC(=O)c2c(Cl)cccc2[N+](=O)[O-])CC1. The molecule has 0 aromatic heterocycles. The first-order valence-electron chi connectivity index (χ1n) is 8.24. The summed E-state index contributed by atoms with van der Waals surface area (Å²) in [7, 11) is 0. The van der Waals surface area contributed by atoms with Crippen LogP contribution in [0.5, 0.6) is 0 Å². The van der Waals surface area contributed by atoms with Crippen molar-refractivity contribution >= 4 is 29.1 Å². The van der Waals surface area contributed by atoms with Crippen LogP contribution in [0.25, 0.3) is 0 Å². The summed E-state index contributed by atoms with van der Waals surface area (Å²) >= 11 is 5.91. The summed E-state index contributed by atoms with van der Waals surface area (Å²) in [6.07, 6.45) is 3.89. The lowest BCUT2D eigenvalue weighted by atomic mass is 9.78. The zero-order chi connectivity index (χ0) is 18.6. The third-order valence-corrected chi connectivity index (χ3v) is 4.96. The van der Waals surface area contributed by atoms with Crippen LogP contribution in [0, 0.1) is 16.0 Å². The van der Waals surface area contributed by atoms with Crippen molar-refractivity contribution in [2.24, 2.45) is 5.92 Å². The third kappa shape index (κ3) is 4.92. The van der Waals surface area contributed by atoms with Gasteiger partial charge in [-0.3, -0.25) is 19.7 Å². The molecule has 2 N–H and O–H groups in total. The number of halogens is 1. The molecule has 2 rings (SSSR count). The topological polar surface area (TPSA) is 101 Å². The van der Waals surface area contributed by atoms with Crippen molar-refractivity contribution in [1.29, 1.82) is 0 Å². The first-order chi connectivity index (χ1) is 11.7. The summed E-state index contributed by atoms with van der Waals surface area (Å²) in [5.74, 6) is -0.402. The van der Waals surface area contributed by atoms with Gasteiger partial charge in [-0.1, -0.05) is 24.6 Å². The first-order valence-corrected chi connectivity index (χ1v) is 8.62. The number of nitro benzene ring substituents is 1. The van der Waals surface area contributed by atoms with E-state index in [4.69, 9.17) is 11.6 Å². The van der Waals surface area contributed by atoms with Crippen molar-refractivity contribution in [3.05, 3.63) is 38.9 Å². The largest absolute Gasteiger partial charge is 0.349 e. The smallest absolute Gasteiger partial charge is 0.283 e. The van der Waals surface area contributed by atoms with E-state index in [0.29, 0.717) is 5.92 Å². The van der Waals surface area contributed by atoms with Crippen molar-refractivity contribution in [2.75, 3.05) is 6.54 Å². The van der Waals surface area contributed by atoms with Gasteiger partial charge in [0.15, 0.2) is 0 Å². The fourth-order valence-corrected chi connectivity index (χ4v) is 3.30. The fraction of sp³-hybridized carbons (Fsp3) is 0.529. The molecule has 0 bridgehead atoms. The van der Waals surface area contributed by atoms with Crippen molar-refractivity contribution in [3.63, 3.8) is 0 Å². The summed E-state index contributed by atoms with van der Waals surface area (Å²) in [5, 5.41) is 16.4. The van der Waals surface area contributed by atoms with E-state index in [1.165, 1.54) is 18.2 Å². The maximum atomic E-state index is 12.2. The van der Waals surface area contributed by atoms with Gasteiger partial charge in [0.25, 0.3) is 11.6 Å². The number of nitro groups is 1. The molecule has 0 heterocycles. The number of rotatable bonds is 5. The molecule has 1 fully saturated rings. The molecule has 1 aromatic rings. The van der Waals surface area contributed by atoms with Gasteiger partial charge in [-0.25, -0.2) is 0 Å². The van der Waals surface area contributed by atoms with Crippen LogP contribution in [0.2, 0.25) is 5.02 Å². The molecule has 0 aliphatic heterocycles. The number of benzene rings is 1. The van der Waals surface area contributed by atoms with E-state index < -0.39 is 16.5 Å². The molecule has 1 aliphatic carbocycles. The van der Waals surface area contributed by atoms with Crippen molar-refractivity contribution < 1.29 is 14.5 Å². The Hall–Kier alpha value is -2.15. The highest BCUT2D eigenvalue weighted by Crippen LogP contribution is 2.31. The average molecular weight is 368 g/mol. The molecule has 0 atom stereocenters. The number of amides is 2. The molecule has 0 radical (unpaired) electrons. The first kappa shape index (κ1) is 19.2. The zero-order valence-electron chi connectivity index (χ0n) is 14.3. The highest BCUT2D eigenvalue weighted by atomic mass is 35.5. The average Bonchev–Trinajstić information content (AvgIpc) is 2.55. The molecule has 1 aromatic carbocycles. The second-order valence-corrected chi connectivity index (χ2v) is 7.27. The van der Waals surface area contributed by atoms with Crippen LogP contribution in [0.4, 0.5) is 5.69 Å². The van der Waals surface area contributed by atoms with Gasteiger partial charge in [0.1, 0.15) is 5.56 Å². The van der Waals surface area contributed by atoms with Crippen LogP contribution in [-0.4, -0.2) is 28.8 Å². The third-order valence-electron chi connectivity index (χ3n) is 4.64. The molecule has 0 saturated heterocycles. The lowest BCUT2D eigenvalue weighted by Gasteiger charge is -2.37. The summed E-state index contributed by atoms with van der Waals surface area (Å²) in [4.78, 5) is 34.7. The highest BCUT2D eigenvalue weighted by Gasteiger charge is 2.31. The van der Waals surface area contributed by atoms with Gasteiger partial charge in [0.2, 0.25) is 5.91 Å². The maximum Gasteiger partial charge on any atom is 0.283 e. The summed E-state index contributed by atoms with van der Waals surface area (Å²) in [6.45, 7) is 3.93. The molecule has 1 aliphatic rings. The summed E-state index contributed by atoms with van der Waals surface area (Å²) in [6, 6.07) is 3.99. The maximum absolute atomic E-state index is 12.2. The summed E-state index contributed by atoms with van der Waals surface area (Å²) < 4.78 is 0. The van der Waals surface area contributed by atoms with E-state index >= 15 is 0 Å². The molecule has 1 saturated carbocycles. The van der Waals surface area contributed by atoms with Gasteiger partial charge in [-0.05, 0) is 44.6 Å². The Morgan fingerprint density at radius 1 is 1.36 bits per heavy atom. The van der Waals surface area contributed by atoms with Crippen molar-refractivity contribution in [3.8, 4) is 0 Å². The number of hydrogen-bond donors (Lipinski definition) is 2. The van der Waals surface area contributed by atoms with Crippen LogP contribution < -0.4 is 10.6 Å². The minimum absolute atomic E-state index is 0.0275. The van der Waals surface area contributed by atoms with Crippen LogP contribution >= 0.6 is 11.6 Å². The van der Waals surface area contributed by atoms with Crippen molar-refractivity contribution in [2.45, 2.75) is 45.1 Å². The number of hydrogen-bond acceptors (Lipinski definition) is 4. The number of nitrogens with one attached hydrogen (secondary N) is 2. The second kappa shape index (κ2) is 7.82. The van der Waals surface area contributed by atoms with E-state index in [1.807, 2.05) is 6.92 Å². The Morgan fingerprint density at radius 2 is 2.00 bits per heavy atom. The molecular formula is C17H22ClN3O4. The van der Waals surface area contributed by atoms with E-state index in [2.05, 4.69) is 17.6 Å². The fourth-order valence-electron chi connectivity index (χ4n) is 3.04. The predicted molar refractivity (Wildman–Crippen MR) is 94.6 cm³/mol. The van der Waals surface area contributed by atoms with E-state index in [9.17, 15) is 19.7 Å². The number of carbonyl (C=O) groups is 2.